The van der Waals surface area contributed by atoms with Crippen molar-refractivity contribution in [1.29, 1.82) is 0 Å². The minimum Gasteiger partial charge on any atom is -0.462 e. The van der Waals surface area contributed by atoms with Gasteiger partial charge < -0.3 is 14.8 Å². The van der Waals surface area contributed by atoms with Gasteiger partial charge in [-0.2, -0.15) is 18.3 Å². The van der Waals surface area contributed by atoms with Crippen LogP contribution in [0.4, 0.5) is 13.2 Å². The Morgan fingerprint density at radius 2 is 1.82 bits per heavy atom. The molecule has 3 rings (SSSR count). The van der Waals surface area contributed by atoms with Gasteiger partial charge in [0.2, 0.25) is 5.91 Å². The SMILES string of the molecule is CCOC(=O)C(NC(=O)CC)Oc1ccc2cnn(-c3c(Cl)cc(C(F)(F)F)cc3Cl)c2c1. The third-order valence-corrected chi connectivity index (χ3v) is 5.04. The normalized spacial score (nSPS) is 12.5. The van der Waals surface area contributed by atoms with Crippen LogP contribution < -0.4 is 10.1 Å². The Morgan fingerprint density at radius 1 is 1.15 bits per heavy atom. The minimum atomic E-state index is -4.62. The molecule has 1 amide bonds. The quantitative estimate of drug-likeness (QED) is 0.356. The zero-order valence-corrected chi connectivity index (χ0v) is 18.9. The highest BCUT2D eigenvalue weighted by Gasteiger charge is 2.32. The number of aromatic nitrogens is 2. The third kappa shape index (κ3) is 5.51. The number of benzene rings is 2. The summed E-state index contributed by atoms with van der Waals surface area (Å²) < 4.78 is 51.0. The summed E-state index contributed by atoms with van der Waals surface area (Å²) in [6.07, 6.45) is -4.44. The number of nitrogens with zero attached hydrogens (tertiary/aromatic N) is 2. The molecule has 3 aromatic rings. The number of esters is 1. The van der Waals surface area contributed by atoms with Crippen LogP contribution in [0.2, 0.25) is 10.0 Å². The molecule has 0 aliphatic carbocycles. The molecule has 0 aliphatic heterocycles. The highest BCUT2D eigenvalue weighted by molar-refractivity contribution is 6.38. The van der Waals surface area contributed by atoms with Gasteiger partial charge in [0.05, 0.1) is 33.9 Å². The Balaban J connectivity index is 2.01. The van der Waals surface area contributed by atoms with Crippen molar-refractivity contribution in [2.45, 2.75) is 32.7 Å². The second kappa shape index (κ2) is 9.88. The van der Waals surface area contributed by atoms with E-state index in [4.69, 9.17) is 32.7 Å². The fourth-order valence-electron chi connectivity index (χ4n) is 2.92. The van der Waals surface area contributed by atoms with Gasteiger partial charge in [-0.25, -0.2) is 9.48 Å². The molecule has 0 spiro atoms. The predicted octanol–water partition coefficient (Wildman–Crippen LogP) is 5.15. The van der Waals surface area contributed by atoms with E-state index in [1.807, 2.05) is 0 Å². The first kappa shape index (κ1) is 24.7. The molecule has 0 radical (unpaired) electrons. The molecule has 0 saturated heterocycles. The second-order valence-electron chi connectivity index (χ2n) is 6.73. The number of carbonyl (C=O) groups excluding carboxylic acids is 2. The van der Waals surface area contributed by atoms with Crippen LogP contribution in [0.1, 0.15) is 25.8 Å². The van der Waals surface area contributed by atoms with E-state index in [2.05, 4.69) is 10.4 Å². The van der Waals surface area contributed by atoms with E-state index in [-0.39, 0.29) is 34.5 Å². The lowest BCUT2D eigenvalue weighted by molar-refractivity contribution is -0.155. The van der Waals surface area contributed by atoms with Crippen LogP contribution in [0.25, 0.3) is 16.6 Å². The summed E-state index contributed by atoms with van der Waals surface area (Å²) in [6.45, 7) is 3.30. The lowest BCUT2D eigenvalue weighted by atomic mass is 10.2. The summed E-state index contributed by atoms with van der Waals surface area (Å²) in [5.41, 5.74) is -0.564. The van der Waals surface area contributed by atoms with Crippen LogP contribution in [-0.4, -0.2) is 34.5 Å². The first-order chi connectivity index (χ1) is 15.5. The maximum atomic E-state index is 13.1. The summed E-state index contributed by atoms with van der Waals surface area (Å²) >= 11 is 12.2. The Labute approximate surface area is 196 Å². The molecule has 0 saturated carbocycles. The summed E-state index contributed by atoms with van der Waals surface area (Å²) in [7, 11) is 0. The van der Waals surface area contributed by atoms with Crippen molar-refractivity contribution in [1.82, 2.24) is 15.1 Å². The van der Waals surface area contributed by atoms with Crippen molar-refractivity contribution in [2.24, 2.45) is 0 Å². The van der Waals surface area contributed by atoms with Crippen LogP contribution in [0.15, 0.2) is 36.5 Å². The molecule has 1 unspecified atom stereocenters. The van der Waals surface area contributed by atoms with Gasteiger partial charge >= 0.3 is 12.1 Å². The Morgan fingerprint density at radius 3 is 2.39 bits per heavy atom. The summed E-state index contributed by atoms with van der Waals surface area (Å²) in [5.74, 6) is -1.05. The molecule has 2 aromatic carbocycles. The van der Waals surface area contributed by atoms with E-state index in [0.29, 0.717) is 10.9 Å². The average Bonchev–Trinajstić information content (AvgIpc) is 3.15. The summed E-state index contributed by atoms with van der Waals surface area (Å²) in [4.78, 5) is 24.0. The number of rotatable bonds is 7. The monoisotopic (exact) mass is 503 g/mol. The van der Waals surface area contributed by atoms with E-state index in [1.54, 1.807) is 19.9 Å². The minimum absolute atomic E-state index is 0.0414. The van der Waals surface area contributed by atoms with Gasteiger partial charge in [-0.3, -0.25) is 4.79 Å². The topological polar surface area (TPSA) is 82.4 Å². The van der Waals surface area contributed by atoms with Crippen LogP contribution in [-0.2, 0) is 20.5 Å². The number of amides is 1. The highest BCUT2D eigenvalue weighted by atomic mass is 35.5. The summed E-state index contributed by atoms with van der Waals surface area (Å²) in [5, 5.41) is 6.67. The molecule has 12 heteroatoms. The second-order valence-corrected chi connectivity index (χ2v) is 7.55. The molecule has 0 aliphatic rings. The number of alkyl halides is 3. The van der Waals surface area contributed by atoms with Gasteiger partial charge in [0.1, 0.15) is 11.4 Å². The van der Waals surface area contributed by atoms with Gasteiger partial charge in [-0.1, -0.05) is 30.1 Å². The van der Waals surface area contributed by atoms with E-state index in [9.17, 15) is 22.8 Å². The van der Waals surface area contributed by atoms with Crippen molar-refractivity contribution in [2.75, 3.05) is 6.61 Å². The number of hydrogen-bond donors (Lipinski definition) is 1. The van der Waals surface area contributed by atoms with Crippen LogP contribution in [0.3, 0.4) is 0 Å². The maximum Gasteiger partial charge on any atom is 0.416 e. The lowest BCUT2D eigenvalue weighted by Gasteiger charge is -2.19. The molecule has 1 aromatic heterocycles. The van der Waals surface area contributed by atoms with Crippen LogP contribution >= 0.6 is 23.2 Å². The van der Waals surface area contributed by atoms with Crippen LogP contribution in [0.5, 0.6) is 5.75 Å². The smallest absolute Gasteiger partial charge is 0.416 e. The molecule has 7 nitrogen and oxygen atoms in total. The highest BCUT2D eigenvalue weighted by Crippen LogP contribution is 2.38. The molecule has 176 valence electrons. The molecule has 1 N–H and O–H groups in total. The zero-order valence-electron chi connectivity index (χ0n) is 17.4. The molecular weight excluding hydrogens is 486 g/mol. The standard InChI is InChI=1S/C21H18Cl2F3N3O4/c1-3-17(30)28-19(20(31)32-4-2)33-13-6-5-11-10-27-29(16(11)9-13)18-14(22)7-12(8-15(18)23)21(24,25)26/h5-10,19H,3-4H2,1-2H3,(H,28,30). The van der Waals surface area contributed by atoms with Crippen LogP contribution in [0, 0.1) is 0 Å². The fraction of sp³-hybridized carbons (Fsp3) is 0.286. The first-order valence-electron chi connectivity index (χ1n) is 9.72. The lowest BCUT2D eigenvalue weighted by Crippen LogP contribution is -2.45. The third-order valence-electron chi connectivity index (χ3n) is 4.47. The number of halogens is 5. The molecule has 0 bridgehead atoms. The van der Waals surface area contributed by atoms with Gasteiger partial charge in [-0.15, -0.1) is 0 Å². The van der Waals surface area contributed by atoms with E-state index >= 15 is 0 Å². The molecule has 33 heavy (non-hydrogen) atoms. The number of hydrogen-bond acceptors (Lipinski definition) is 5. The zero-order chi connectivity index (χ0) is 24.3. The molecule has 1 heterocycles. The van der Waals surface area contributed by atoms with Gasteiger partial charge in [0.25, 0.3) is 6.23 Å². The maximum absolute atomic E-state index is 13.1. The average molecular weight is 504 g/mol. The van der Waals surface area contributed by atoms with Crippen molar-refractivity contribution in [3.05, 3.63) is 52.1 Å². The largest absolute Gasteiger partial charge is 0.462 e. The number of carbonyl (C=O) groups is 2. The number of nitrogens with one attached hydrogen (secondary N) is 1. The van der Waals surface area contributed by atoms with E-state index in [1.165, 1.54) is 23.0 Å². The van der Waals surface area contributed by atoms with Gasteiger partial charge in [-0.05, 0) is 31.2 Å². The van der Waals surface area contributed by atoms with Crippen molar-refractivity contribution >= 4 is 46.0 Å². The van der Waals surface area contributed by atoms with Crippen molar-refractivity contribution in [3.8, 4) is 11.4 Å². The Bertz CT molecular complexity index is 1170. The van der Waals surface area contributed by atoms with Crippen molar-refractivity contribution in [3.63, 3.8) is 0 Å². The molecule has 1 atom stereocenters. The number of ether oxygens (including phenoxy) is 2. The number of fused-ring (bicyclic) bond motifs is 1. The Kier molecular flexibility index (Phi) is 7.38. The van der Waals surface area contributed by atoms with E-state index in [0.717, 1.165) is 12.1 Å². The van der Waals surface area contributed by atoms with Gasteiger partial charge in [0.15, 0.2) is 0 Å². The first-order valence-corrected chi connectivity index (χ1v) is 10.5. The predicted molar refractivity (Wildman–Crippen MR) is 116 cm³/mol. The molecular formula is C21H18Cl2F3N3O4. The molecule has 0 fully saturated rings. The van der Waals surface area contributed by atoms with Gasteiger partial charge in [0, 0.05) is 17.9 Å². The van der Waals surface area contributed by atoms with Crippen molar-refractivity contribution < 1.29 is 32.2 Å². The summed E-state index contributed by atoms with van der Waals surface area (Å²) in [6, 6.07) is 6.15. The Hall–Kier alpha value is -2.98. The fourth-order valence-corrected chi connectivity index (χ4v) is 3.57. The van der Waals surface area contributed by atoms with E-state index < -0.39 is 29.8 Å².